The first-order chi connectivity index (χ1) is 15.3. The first kappa shape index (κ1) is 22.3. The lowest BCUT2D eigenvalue weighted by atomic mass is 9.96. The number of likely N-dealkylation sites (N-methyl/N-ethyl adjacent to an activating group) is 1. The Labute approximate surface area is 191 Å². The van der Waals surface area contributed by atoms with Crippen LogP contribution >= 0.6 is 0 Å². The van der Waals surface area contributed by atoms with Crippen LogP contribution < -0.4 is 0 Å². The van der Waals surface area contributed by atoms with Gasteiger partial charge in [0.1, 0.15) is 5.70 Å². The summed E-state index contributed by atoms with van der Waals surface area (Å²) in [5.74, 6) is -0.385. The van der Waals surface area contributed by atoms with Crippen LogP contribution in [0.15, 0.2) is 48.2 Å². The molecular formula is C27H33N3O2. The lowest BCUT2D eigenvalue weighted by Gasteiger charge is -2.36. The second-order valence-electron chi connectivity index (χ2n) is 9.37. The molecule has 0 saturated carbocycles. The minimum absolute atomic E-state index is 0.188. The molecule has 32 heavy (non-hydrogen) atoms. The van der Waals surface area contributed by atoms with Crippen LogP contribution in [-0.2, 0) is 16.1 Å². The first-order valence-corrected chi connectivity index (χ1v) is 11.4. The van der Waals surface area contributed by atoms with Crippen molar-refractivity contribution < 1.29 is 9.59 Å². The number of carbonyl (C=O) groups is 2. The number of hydrogen-bond acceptors (Lipinski definition) is 4. The second-order valence-corrected chi connectivity index (χ2v) is 9.37. The van der Waals surface area contributed by atoms with Gasteiger partial charge in [-0.25, -0.2) is 0 Å². The van der Waals surface area contributed by atoms with Gasteiger partial charge in [0.2, 0.25) is 0 Å². The quantitative estimate of drug-likeness (QED) is 0.673. The van der Waals surface area contributed by atoms with Crippen molar-refractivity contribution in [1.29, 1.82) is 0 Å². The molecule has 2 aromatic carbocycles. The number of likely N-dealkylation sites (tertiary alicyclic amines) is 1. The maximum absolute atomic E-state index is 13.7. The summed E-state index contributed by atoms with van der Waals surface area (Å²) in [7, 11) is 4.11. The highest BCUT2D eigenvalue weighted by molar-refractivity contribution is 6.35. The zero-order valence-corrected chi connectivity index (χ0v) is 19.8. The third-order valence-electron chi connectivity index (χ3n) is 6.84. The molecule has 0 N–H and O–H groups in total. The number of piperidine rings is 1. The Morgan fingerprint density at radius 3 is 2.16 bits per heavy atom. The van der Waals surface area contributed by atoms with Crippen molar-refractivity contribution in [3.8, 4) is 0 Å². The van der Waals surface area contributed by atoms with Gasteiger partial charge in [-0.05, 0) is 70.4 Å². The summed E-state index contributed by atoms with van der Waals surface area (Å²) in [5, 5.41) is 0. The molecule has 168 valence electrons. The standard InChI is InChI=1S/C27H33N3O2/c1-18-6-9-21(10-7-18)17-30-26(31)24(23-11-8-19(2)16-20(23)3)25(27(30)32)29(5)22-12-14-28(4)15-13-22/h6-11,16,22H,12-15,17H2,1-5H3. The molecule has 5 heteroatoms. The van der Waals surface area contributed by atoms with Crippen LogP contribution in [0.25, 0.3) is 5.57 Å². The van der Waals surface area contributed by atoms with E-state index < -0.39 is 0 Å². The summed E-state index contributed by atoms with van der Waals surface area (Å²) in [6.45, 7) is 8.37. The van der Waals surface area contributed by atoms with Gasteiger partial charge in [-0.2, -0.15) is 0 Å². The van der Waals surface area contributed by atoms with Gasteiger partial charge in [-0.3, -0.25) is 14.5 Å². The van der Waals surface area contributed by atoms with Crippen LogP contribution in [-0.4, -0.2) is 59.7 Å². The molecule has 2 heterocycles. The number of benzene rings is 2. The van der Waals surface area contributed by atoms with Crippen LogP contribution in [0.3, 0.4) is 0 Å². The molecule has 1 fully saturated rings. The van der Waals surface area contributed by atoms with Crippen molar-refractivity contribution in [3.05, 3.63) is 76.0 Å². The van der Waals surface area contributed by atoms with Crippen LogP contribution in [0, 0.1) is 20.8 Å². The molecule has 1 saturated heterocycles. The molecule has 0 unspecified atom stereocenters. The SMILES string of the molecule is Cc1ccc(CN2C(=O)C(c3ccc(C)cc3C)=C(N(C)C3CCN(C)CC3)C2=O)cc1. The van der Waals surface area contributed by atoms with Crippen molar-refractivity contribution in [2.75, 3.05) is 27.2 Å². The summed E-state index contributed by atoms with van der Waals surface area (Å²) in [5.41, 5.74) is 6.22. The predicted molar refractivity (Wildman–Crippen MR) is 128 cm³/mol. The van der Waals surface area contributed by atoms with Gasteiger partial charge >= 0.3 is 0 Å². The number of imide groups is 1. The van der Waals surface area contributed by atoms with E-state index >= 15 is 0 Å². The molecule has 2 aliphatic heterocycles. The van der Waals surface area contributed by atoms with E-state index in [1.54, 1.807) is 0 Å². The lowest BCUT2D eigenvalue weighted by molar-refractivity contribution is -0.138. The van der Waals surface area contributed by atoms with E-state index in [1.165, 1.54) is 4.90 Å². The fourth-order valence-corrected chi connectivity index (χ4v) is 4.81. The van der Waals surface area contributed by atoms with E-state index in [2.05, 4.69) is 22.9 Å². The number of hydrogen-bond donors (Lipinski definition) is 0. The van der Waals surface area contributed by atoms with Gasteiger partial charge in [-0.15, -0.1) is 0 Å². The minimum atomic E-state index is -0.197. The number of carbonyl (C=O) groups excluding carboxylic acids is 2. The average Bonchev–Trinajstić information content (AvgIpc) is 3.00. The van der Waals surface area contributed by atoms with Gasteiger partial charge in [0.15, 0.2) is 0 Å². The Morgan fingerprint density at radius 1 is 0.906 bits per heavy atom. The summed E-state index contributed by atoms with van der Waals surface area (Å²) in [4.78, 5) is 33.2. The smallest absolute Gasteiger partial charge is 0.278 e. The third-order valence-corrected chi connectivity index (χ3v) is 6.84. The van der Waals surface area contributed by atoms with Crippen LogP contribution in [0.5, 0.6) is 0 Å². The maximum Gasteiger partial charge on any atom is 0.278 e. The fraction of sp³-hybridized carbons (Fsp3) is 0.407. The molecule has 4 rings (SSSR count). The minimum Gasteiger partial charge on any atom is -0.366 e. The molecular weight excluding hydrogens is 398 g/mol. The molecule has 0 radical (unpaired) electrons. The van der Waals surface area contributed by atoms with E-state index in [0.717, 1.165) is 53.7 Å². The highest BCUT2D eigenvalue weighted by atomic mass is 16.2. The number of amides is 2. The van der Waals surface area contributed by atoms with Crippen molar-refractivity contribution >= 4 is 17.4 Å². The number of nitrogens with zero attached hydrogens (tertiary/aromatic N) is 3. The van der Waals surface area contributed by atoms with E-state index in [9.17, 15) is 9.59 Å². The van der Waals surface area contributed by atoms with Gasteiger partial charge in [-0.1, -0.05) is 53.6 Å². The normalized spacial score (nSPS) is 18.1. The molecule has 0 atom stereocenters. The highest BCUT2D eigenvalue weighted by Crippen LogP contribution is 2.35. The van der Waals surface area contributed by atoms with Gasteiger partial charge in [0, 0.05) is 13.1 Å². The van der Waals surface area contributed by atoms with Crippen LogP contribution in [0.2, 0.25) is 0 Å². The Hall–Kier alpha value is -2.92. The maximum atomic E-state index is 13.7. The van der Waals surface area contributed by atoms with E-state index in [0.29, 0.717) is 11.3 Å². The molecule has 5 nitrogen and oxygen atoms in total. The highest BCUT2D eigenvalue weighted by Gasteiger charge is 2.42. The first-order valence-electron chi connectivity index (χ1n) is 11.4. The molecule has 0 bridgehead atoms. The Bertz CT molecular complexity index is 1060. The van der Waals surface area contributed by atoms with Crippen molar-refractivity contribution in [2.45, 2.75) is 46.2 Å². The van der Waals surface area contributed by atoms with E-state index in [-0.39, 0.29) is 24.4 Å². The van der Waals surface area contributed by atoms with Crippen molar-refractivity contribution in [1.82, 2.24) is 14.7 Å². The Kier molecular flexibility index (Phi) is 6.20. The van der Waals surface area contributed by atoms with E-state index in [1.807, 2.05) is 64.2 Å². The van der Waals surface area contributed by atoms with Crippen LogP contribution in [0.1, 0.15) is 40.7 Å². The number of aryl methyl sites for hydroxylation is 3. The Morgan fingerprint density at radius 2 is 1.53 bits per heavy atom. The molecule has 0 aliphatic carbocycles. The topological polar surface area (TPSA) is 43.9 Å². The van der Waals surface area contributed by atoms with Gasteiger partial charge in [0.05, 0.1) is 12.1 Å². The van der Waals surface area contributed by atoms with Gasteiger partial charge in [0.25, 0.3) is 11.8 Å². The third kappa shape index (κ3) is 4.22. The summed E-state index contributed by atoms with van der Waals surface area (Å²) in [6, 6.07) is 14.4. The molecule has 0 spiro atoms. The van der Waals surface area contributed by atoms with Gasteiger partial charge < -0.3 is 9.80 Å². The van der Waals surface area contributed by atoms with Crippen molar-refractivity contribution in [3.63, 3.8) is 0 Å². The summed E-state index contributed by atoms with van der Waals surface area (Å²) >= 11 is 0. The monoisotopic (exact) mass is 431 g/mol. The molecule has 2 aromatic rings. The second kappa shape index (κ2) is 8.91. The van der Waals surface area contributed by atoms with Crippen molar-refractivity contribution in [2.24, 2.45) is 0 Å². The summed E-state index contributed by atoms with van der Waals surface area (Å²) < 4.78 is 0. The lowest BCUT2D eigenvalue weighted by Crippen LogP contribution is -2.43. The fourth-order valence-electron chi connectivity index (χ4n) is 4.81. The molecule has 0 aromatic heterocycles. The largest absolute Gasteiger partial charge is 0.366 e. The zero-order chi connectivity index (χ0) is 23.0. The van der Waals surface area contributed by atoms with E-state index in [4.69, 9.17) is 0 Å². The average molecular weight is 432 g/mol. The van der Waals surface area contributed by atoms with Crippen LogP contribution in [0.4, 0.5) is 0 Å². The zero-order valence-electron chi connectivity index (χ0n) is 19.8. The Balaban J connectivity index is 1.74. The number of rotatable bonds is 5. The predicted octanol–water partition coefficient (Wildman–Crippen LogP) is 3.92. The molecule has 2 aliphatic rings. The summed E-state index contributed by atoms with van der Waals surface area (Å²) in [6.07, 6.45) is 1.96. The molecule has 2 amide bonds.